The minimum absolute atomic E-state index is 0.00963. The van der Waals surface area contributed by atoms with Crippen LogP contribution in [0.2, 0.25) is 0 Å². The van der Waals surface area contributed by atoms with Crippen molar-refractivity contribution in [3.8, 4) is 0 Å². The Labute approximate surface area is 73.9 Å². The van der Waals surface area contributed by atoms with Gasteiger partial charge in [-0.15, -0.1) is 0 Å². The minimum Gasteiger partial charge on any atom is -0.316 e. The van der Waals surface area contributed by atoms with Crippen molar-refractivity contribution in [1.29, 1.82) is 0 Å². The van der Waals surface area contributed by atoms with Crippen LogP contribution in [0.3, 0.4) is 0 Å². The summed E-state index contributed by atoms with van der Waals surface area (Å²) in [5.74, 6) is 0. The molecule has 2 N–H and O–H groups in total. The van der Waals surface area contributed by atoms with Crippen LogP contribution in [0.1, 0.15) is 26.7 Å². The second kappa shape index (κ2) is 4.19. The van der Waals surface area contributed by atoms with Crippen LogP contribution in [-0.4, -0.2) is 31.3 Å². The molecule has 0 aromatic heterocycles. The summed E-state index contributed by atoms with van der Waals surface area (Å²) in [5.41, 5.74) is -0.985. The van der Waals surface area contributed by atoms with Gasteiger partial charge in [-0.2, -0.15) is 0 Å². The van der Waals surface area contributed by atoms with Gasteiger partial charge in [-0.05, 0) is 39.4 Å². The van der Waals surface area contributed by atoms with E-state index in [4.69, 9.17) is 0 Å². The van der Waals surface area contributed by atoms with E-state index in [1.807, 2.05) is 13.8 Å². The van der Waals surface area contributed by atoms with E-state index in [1.54, 1.807) is 0 Å². The highest BCUT2D eigenvalue weighted by Gasteiger charge is 2.36. The molecule has 0 amide bonds. The zero-order chi connectivity index (χ0) is 9.03. The highest BCUT2D eigenvalue weighted by Crippen LogP contribution is 2.26. The Morgan fingerprint density at radius 1 is 1.50 bits per heavy atom. The molecule has 0 aromatic carbocycles. The number of alkyl halides is 1. The van der Waals surface area contributed by atoms with Gasteiger partial charge >= 0.3 is 0 Å². The zero-order valence-electron chi connectivity index (χ0n) is 7.99. The van der Waals surface area contributed by atoms with Crippen molar-refractivity contribution in [2.45, 2.75) is 38.4 Å². The van der Waals surface area contributed by atoms with E-state index < -0.39 is 5.67 Å². The second-order valence-electron chi connectivity index (χ2n) is 3.56. The lowest BCUT2D eigenvalue weighted by molar-refractivity contribution is 0.0752. The third-order valence-electron chi connectivity index (χ3n) is 2.72. The Bertz CT molecular complexity index is 132. The highest BCUT2D eigenvalue weighted by atomic mass is 19.1. The highest BCUT2D eigenvalue weighted by molar-refractivity contribution is 4.92. The summed E-state index contributed by atoms with van der Waals surface area (Å²) in [5, 5.41) is 6.32. The third-order valence-corrected chi connectivity index (χ3v) is 2.72. The summed E-state index contributed by atoms with van der Waals surface area (Å²) < 4.78 is 14.1. The quantitative estimate of drug-likeness (QED) is 0.669. The first kappa shape index (κ1) is 9.93. The standard InChI is InChI=1S/C9H19FN2/c1-3-12-8(2)9(10)4-6-11-7-5-9/h8,11-12H,3-7H2,1-2H3. The van der Waals surface area contributed by atoms with Gasteiger partial charge in [0.15, 0.2) is 0 Å². The maximum Gasteiger partial charge on any atom is 0.128 e. The summed E-state index contributed by atoms with van der Waals surface area (Å²) in [6.07, 6.45) is 1.28. The minimum atomic E-state index is -0.985. The number of piperidine rings is 1. The number of hydrogen-bond acceptors (Lipinski definition) is 2. The van der Waals surface area contributed by atoms with Gasteiger partial charge in [0, 0.05) is 6.04 Å². The molecule has 1 heterocycles. The van der Waals surface area contributed by atoms with Gasteiger partial charge in [-0.1, -0.05) is 6.92 Å². The fraction of sp³-hybridized carbons (Fsp3) is 1.00. The third kappa shape index (κ3) is 2.17. The molecule has 0 aliphatic carbocycles. The SMILES string of the molecule is CCNC(C)C1(F)CCNCC1. The number of nitrogens with one attached hydrogen (secondary N) is 2. The summed E-state index contributed by atoms with van der Waals surface area (Å²) >= 11 is 0. The van der Waals surface area contributed by atoms with Crippen molar-refractivity contribution in [1.82, 2.24) is 10.6 Å². The van der Waals surface area contributed by atoms with Crippen molar-refractivity contribution in [2.75, 3.05) is 19.6 Å². The van der Waals surface area contributed by atoms with Crippen molar-refractivity contribution in [3.63, 3.8) is 0 Å². The average molecular weight is 174 g/mol. The van der Waals surface area contributed by atoms with Gasteiger partial charge < -0.3 is 10.6 Å². The summed E-state index contributed by atoms with van der Waals surface area (Å²) in [4.78, 5) is 0. The topological polar surface area (TPSA) is 24.1 Å². The van der Waals surface area contributed by atoms with Crippen LogP contribution in [0.25, 0.3) is 0 Å². The molecular formula is C9H19FN2. The molecule has 1 fully saturated rings. The maximum absolute atomic E-state index is 14.1. The van der Waals surface area contributed by atoms with Crippen LogP contribution in [0.15, 0.2) is 0 Å². The molecule has 72 valence electrons. The molecule has 1 aliphatic rings. The van der Waals surface area contributed by atoms with Gasteiger partial charge in [0.05, 0.1) is 0 Å². The fourth-order valence-electron chi connectivity index (χ4n) is 1.76. The van der Waals surface area contributed by atoms with E-state index in [-0.39, 0.29) is 6.04 Å². The molecule has 1 aliphatic heterocycles. The van der Waals surface area contributed by atoms with Crippen LogP contribution in [0.4, 0.5) is 4.39 Å². The van der Waals surface area contributed by atoms with Gasteiger partial charge in [0.2, 0.25) is 0 Å². The van der Waals surface area contributed by atoms with Crippen LogP contribution in [0, 0.1) is 0 Å². The van der Waals surface area contributed by atoms with E-state index in [0.717, 1.165) is 19.6 Å². The lowest BCUT2D eigenvalue weighted by Crippen LogP contribution is -2.51. The fourth-order valence-corrected chi connectivity index (χ4v) is 1.76. The van der Waals surface area contributed by atoms with Crippen LogP contribution in [-0.2, 0) is 0 Å². The Kier molecular flexibility index (Phi) is 3.47. The van der Waals surface area contributed by atoms with Crippen molar-refractivity contribution in [3.05, 3.63) is 0 Å². The molecule has 2 nitrogen and oxygen atoms in total. The summed E-state index contributed by atoms with van der Waals surface area (Å²) in [6, 6.07) is -0.00963. The lowest BCUT2D eigenvalue weighted by Gasteiger charge is -2.35. The Morgan fingerprint density at radius 2 is 2.08 bits per heavy atom. The van der Waals surface area contributed by atoms with Crippen LogP contribution >= 0.6 is 0 Å². The van der Waals surface area contributed by atoms with E-state index in [2.05, 4.69) is 10.6 Å². The number of rotatable bonds is 3. The van der Waals surface area contributed by atoms with Crippen molar-refractivity contribution >= 4 is 0 Å². The van der Waals surface area contributed by atoms with Gasteiger partial charge in [0.25, 0.3) is 0 Å². The smallest absolute Gasteiger partial charge is 0.128 e. The Hall–Kier alpha value is -0.150. The summed E-state index contributed by atoms with van der Waals surface area (Å²) in [7, 11) is 0. The normalized spacial score (nSPS) is 25.2. The Morgan fingerprint density at radius 3 is 2.58 bits per heavy atom. The molecule has 0 bridgehead atoms. The van der Waals surface area contributed by atoms with E-state index in [1.165, 1.54) is 0 Å². The lowest BCUT2D eigenvalue weighted by atomic mass is 9.88. The maximum atomic E-state index is 14.1. The molecule has 1 atom stereocenters. The first-order valence-corrected chi connectivity index (χ1v) is 4.82. The molecule has 3 heteroatoms. The first-order chi connectivity index (χ1) is 5.69. The molecular weight excluding hydrogens is 155 g/mol. The van der Waals surface area contributed by atoms with Gasteiger partial charge in [-0.25, -0.2) is 4.39 Å². The molecule has 12 heavy (non-hydrogen) atoms. The predicted molar refractivity (Wildman–Crippen MR) is 49.1 cm³/mol. The molecule has 0 radical (unpaired) electrons. The van der Waals surface area contributed by atoms with E-state index in [9.17, 15) is 4.39 Å². The molecule has 0 spiro atoms. The van der Waals surface area contributed by atoms with Crippen molar-refractivity contribution in [2.24, 2.45) is 0 Å². The zero-order valence-corrected chi connectivity index (χ0v) is 7.99. The number of hydrogen-bond donors (Lipinski definition) is 2. The number of halogens is 1. The monoisotopic (exact) mass is 174 g/mol. The van der Waals surface area contributed by atoms with Crippen LogP contribution in [0.5, 0.6) is 0 Å². The molecule has 0 saturated carbocycles. The summed E-state index contributed by atoms with van der Waals surface area (Å²) in [6.45, 7) is 6.43. The molecule has 0 aromatic rings. The first-order valence-electron chi connectivity index (χ1n) is 4.82. The Balaban J connectivity index is 2.44. The van der Waals surface area contributed by atoms with Crippen molar-refractivity contribution < 1.29 is 4.39 Å². The molecule has 1 unspecified atom stereocenters. The largest absolute Gasteiger partial charge is 0.316 e. The van der Waals surface area contributed by atoms with Gasteiger partial charge in [0.1, 0.15) is 5.67 Å². The molecule has 1 saturated heterocycles. The van der Waals surface area contributed by atoms with E-state index >= 15 is 0 Å². The second-order valence-corrected chi connectivity index (χ2v) is 3.56. The molecule has 1 rings (SSSR count). The van der Waals surface area contributed by atoms with E-state index in [0.29, 0.717) is 12.8 Å². The predicted octanol–water partition coefficient (Wildman–Crippen LogP) is 1.08. The van der Waals surface area contributed by atoms with Gasteiger partial charge in [-0.3, -0.25) is 0 Å². The van der Waals surface area contributed by atoms with Crippen LogP contribution < -0.4 is 10.6 Å². The average Bonchev–Trinajstić information content (AvgIpc) is 2.06.